The highest BCUT2D eigenvalue weighted by molar-refractivity contribution is 6.41. The number of halogens is 1. The fourth-order valence-electron chi connectivity index (χ4n) is 0.583. The second kappa shape index (κ2) is 6.62. The number of hydrogen-bond acceptors (Lipinski definition) is 4. The average molecular weight is 207 g/mol. The maximum Gasteiger partial charge on any atom is 0.379 e. The van der Waals surface area contributed by atoms with Gasteiger partial charge in [0.2, 0.25) is 0 Å². The summed E-state index contributed by atoms with van der Waals surface area (Å²) < 4.78 is 9.09. The summed E-state index contributed by atoms with van der Waals surface area (Å²) in [7, 11) is 1.44. The molecule has 0 amide bonds. The molecule has 0 saturated carbocycles. The lowest BCUT2D eigenvalue weighted by atomic mass is 10.3. The quantitative estimate of drug-likeness (QED) is 0.381. The van der Waals surface area contributed by atoms with Crippen LogP contribution in [0.5, 0.6) is 0 Å². The molecule has 0 aliphatic heterocycles. The second-order valence-electron chi connectivity index (χ2n) is 2.11. The van der Waals surface area contributed by atoms with Gasteiger partial charge in [-0.05, 0) is 6.92 Å². The molecule has 0 radical (unpaired) electrons. The minimum absolute atomic E-state index is 0.104. The van der Waals surface area contributed by atoms with Crippen LogP contribution in [0.2, 0.25) is 0 Å². The maximum atomic E-state index is 10.9. The molecule has 0 aromatic heterocycles. The summed E-state index contributed by atoms with van der Waals surface area (Å²) in [6, 6.07) is 0. The van der Waals surface area contributed by atoms with Crippen molar-refractivity contribution in [3.8, 4) is 0 Å². The van der Waals surface area contributed by atoms with Crippen molar-refractivity contribution >= 4 is 23.4 Å². The average Bonchev–Trinajstić information content (AvgIpc) is 2.05. The molecular formula is C8H11ClO4. The normalized spacial score (nSPS) is 11.2. The van der Waals surface area contributed by atoms with E-state index in [9.17, 15) is 9.59 Å². The lowest BCUT2D eigenvalue weighted by Crippen LogP contribution is -2.15. The molecule has 0 saturated heterocycles. The zero-order valence-corrected chi connectivity index (χ0v) is 8.26. The van der Waals surface area contributed by atoms with Crippen molar-refractivity contribution in [1.82, 2.24) is 0 Å². The van der Waals surface area contributed by atoms with Crippen molar-refractivity contribution in [2.75, 3.05) is 20.3 Å². The topological polar surface area (TPSA) is 52.6 Å². The molecule has 0 heterocycles. The van der Waals surface area contributed by atoms with E-state index in [1.165, 1.54) is 7.11 Å². The largest absolute Gasteiger partial charge is 0.460 e. The predicted molar refractivity (Wildman–Crippen MR) is 47.5 cm³/mol. The van der Waals surface area contributed by atoms with E-state index >= 15 is 0 Å². The van der Waals surface area contributed by atoms with Gasteiger partial charge in [-0.2, -0.15) is 0 Å². The van der Waals surface area contributed by atoms with Gasteiger partial charge in [0.15, 0.2) is 0 Å². The molecule has 0 unspecified atom stereocenters. The van der Waals surface area contributed by atoms with Crippen molar-refractivity contribution in [3.63, 3.8) is 0 Å². The zero-order chi connectivity index (χ0) is 10.3. The molecule has 0 atom stereocenters. The van der Waals surface area contributed by atoms with Crippen LogP contribution in [0.25, 0.3) is 0 Å². The number of ketones is 1. The molecule has 0 aliphatic carbocycles. The third-order valence-corrected chi connectivity index (χ3v) is 1.26. The number of ether oxygens (including phenoxy) is 2. The minimum atomic E-state index is -0.906. The van der Waals surface area contributed by atoms with E-state index in [1.54, 1.807) is 6.92 Å². The number of methoxy groups -OCH3 is 1. The summed E-state index contributed by atoms with van der Waals surface area (Å²) in [4.78, 5) is 21.7. The van der Waals surface area contributed by atoms with Gasteiger partial charge in [0.05, 0.1) is 13.2 Å². The number of esters is 1. The molecule has 4 nitrogen and oxygen atoms in total. The van der Waals surface area contributed by atoms with E-state index in [2.05, 4.69) is 9.47 Å². The zero-order valence-electron chi connectivity index (χ0n) is 7.50. The summed E-state index contributed by atoms with van der Waals surface area (Å²) in [5.74, 6) is -1.68. The van der Waals surface area contributed by atoms with Gasteiger partial charge in [-0.1, -0.05) is 11.6 Å². The standard InChI is InChI=1S/C8H11ClO4/c1-3-13-8(11)7(10)4-6(9)5-12-2/h4H,3,5H2,1-2H3/b6-4-. The monoisotopic (exact) mass is 206 g/mol. The molecule has 0 N–H and O–H groups in total. The van der Waals surface area contributed by atoms with Gasteiger partial charge in [0.1, 0.15) is 0 Å². The van der Waals surface area contributed by atoms with Crippen LogP contribution >= 0.6 is 11.6 Å². The van der Waals surface area contributed by atoms with Crippen LogP contribution in [0.4, 0.5) is 0 Å². The Labute approximate surface area is 81.5 Å². The summed E-state index contributed by atoms with van der Waals surface area (Å²) in [6.45, 7) is 1.89. The van der Waals surface area contributed by atoms with Crippen molar-refractivity contribution in [2.45, 2.75) is 6.92 Å². The Morgan fingerprint density at radius 3 is 2.54 bits per heavy atom. The highest BCUT2D eigenvalue weighted by Gasteiger charge is 2.12. The SMILES string of the molecule is CCOC(=O)C(=O)/C=C(\Cl)COC. The van der Waals surface area contributed by atoms with E-state index in [0.717, 1.165) is 6.08 Å². The number of hydrogen-bond donors (Lipinski definition) is 0. The van der Waals surface area contributed by atoms with Crippen molar-refractivity contribution in [2.24, 2.45) is 0 Å². The van der Waals surface area contributed by atoms with Gasteiger partial charge < -0.3 is 9.47 Å². The minimum Gasteiger partial charge on any atom is -0.460 e. The smallest absolute Gasteiger partial charge is 0.379 e. The predicted octanol–water partition coefficient (Wildman–Crippen LogP) is 0.888. The molecule has 5 heteroatoms. The second-order valence-corrected chi connectivity index (χ2v) is 2.59. The van der Waals surface area contributed by atoms with Crippen LogP contribution < -0.4 is 0 Å². The number of carbonyl (C=O) groups excluding carboxylic acids is 2. The fourth-order valence-corrected chi connectivity index (χ4v) is 0.791. The first-order chi connectivity index (χ1) is 6.11. The Kier molecular flexibility index (Phi) is 6.18. The lowest BCUT2D eigenvalue weighted by molar-refractivity contribution is -0.151. The first-order valence-electron chi connectivity index (χ1n) is 3.67. The molecule has 0 aromatic carbocycles. The fraction of sp³-hybridized carbons (Fsp3) is 0.500. The maximum absolute atomic E-state index is 10.9. The molecule has 0 rings (SSSR count). The molecule has 0 aromatic rings. The van der Waals surface area contributed by atoms with Crippen molar-refractivity contribution < 1.29 is 19.1 Å². The van der Waals surface area contributed by atoms with E-state index < -0.39 is 11.8 Å². The molecule has 0 aliphatic rings. The van der Waals surface area contributed by atoms with Crippen LogP contribution in [-0.4, -0.2) is 32.1 Å². The molecule has 13 heavy (non-hydrogen) atoms. The van der Waals surface area contributed by atoms with Crippen LogP contribution in [0, 0.1) is 0 Å². The summed E-state index contributed by atoms with van der Waals surface area (Å²) in [5.41, 5.74) is 0. The number of rotatable bonds is 5. The van der Waals surface area contributed by atoms with Gasteiger partial charge in [-0.25, -0.2) is 4.79 Å². The first-order valence-corrected chi connectivity index (χ1v) is 4.05. The molecule has 74 valence electrons. The Balaban J connectivity index is 4.12. The summed E-state index contributed by atoms with van der Waals surface area (Å²) in [6.07, 6.45) is 0.989. The number of carbonyl (C=O) groups is 2. The summed E-state index contributed by atoms with van der Waals surface area (Å²) >= 11 is 5.53. The van der Waals surface area contributed by atoms with E-state index in [-0.39, 0.29) is 18.2 Å². The molecule has 0 spiro atoms. The van der Waals surface area contributed by atoms with Crippen LogP contribution in [0.3, 0.4) is 0 Å². The Hall–Kier alpha value is -0.870. The molecule has 0 fully saturated rings. The molecule has 0 bridgehead atoms. The van der Waals surface area contributed by atoms with Gasteiger partial charge in [-0.3, -0.25) is 4.79 Å². The third kappa shape index (κ3) is 5.38. The third-order valence-electron chi connectivity index (χ3n) is 1.05. The van der Waals surface area contributed by atoms with Crippen LogP contribution in [0.1, 0.15) is 6.92 Å². The van der Waals surface area contributed by atoms with Gasteiger partial charge in [0.25, 0.3) is 5.78 Å². The first kappa shape index (κ1) is 12.1. The van der Waals surface area contributed by atoms with Crippen molar-refractivity contribution in [3.05, 3.63) is 11.1 Å². The summed E-state index contributed by atoms with van der Waals surface area (Å²) in [5, 5.41) is 0.167. The van der Waals surface area contributed by atoms with Gasteiger partial charge >= 0.3 is 5.97 Å². The van der Waals surface area contributed by atoms with Crippen LogP contribution in [0.15, 0.2) is 11.1 Å². The molecular weight excluding hydrogens is 196 g/mol. The Morgan fingerprint density at radius 1 is 1.46 bits per heavy atom. The van der Waals surface area contributed by atoms with Crippen LogP contribution in [-0.2, 0) is 19.1 Å². The van der Waals surface area contributed by atoms with E-state index in [1.807, 2.05) is 0 Å². The van der Waals surface area contributed by atoms with Gasteiger partial charge in [-0.15, -0.1) is 0 Å². The van der Waals surface area contributed by atoms with Crippen molar-refractivity contribution in [1.29, 1.82) is 0 Å². The van der Waals surface area contributed by atoms with E-state index in [0.29, 0.717) is 0 Å². The van der Waals surface area contributed by atoms with E-state index in [4.69, 9.17) is 11.6 Å². The highest BCUT2D eigenvalue weighted by atomic mass is 35.5. The lowest BCUT2D eigenvalue weighted by Gasteiger charge is -1.97. The van der Waals surface area contributed by atoms with Gasteiger partial charge in [0, 0.05) is 18.2 Å². The Morgan fingerprint density at radius 2 is 2.08 bits per heavy atom. The highest BCUT2D eigenvalue weighted by Crippen LogP contribution is 2.01. The Bertz CT molecular complexity index is 222.